The summed E-state index contributed by atoms with van der Waals surface area (Å²) >= 11 is 0. The minimum atomic E-state index is 0.190. The first kappa shape index (κ1) is 13.4. The van der Waals surface area contributed by atoms with Crippen LogP contribution in [0, 0.1) is 0 Å². The van der Waals surface area contributed by atoms with Gasteiger partial charge in [0.15, 0.2) is 0 Å². The van der Waals surface area contributed by atoms with Crippen molar-refractivity contribution >= 4 is 10.9 Å². The summed E-state index contributed by atoms with van der Waals surface area (Å²) < 4.78 is 7.97. The van der Waals surface area contributed by atoms with Gasteiger partial charge in [-0.1, -0.05) is 18.2 Å². The quantitative estimate of drug-likeness (QED) is 0.803. The van der Waals surface area contributed by atoms with Gasteiger partial charge in [-0.25, -0.2) is 4.98 Å². The summed E-state index contributed by atoms with van der Waals surface area (Å²) in [6, 6.07) is 10.2. The third kappa shape index (κ3) is 2.49. The molecule has 1 aromatic carbocycles. The molecule has 0 spiro atoms. The van der Waals surface area contributed by atoms with Crippen LogP contribution in [0.1, 0.15) is 0 Å². The SMILES string of the molecule is c1cc(-c2nccn2CC2CNCCO2)c2cccnc2c1. The number of hydrogen-bond donors (Lipinski definition) is 1. The van der Waals surface area contributed by atoms with Crippen molar-refractivity contribution in [2.45, 2.75) is 12.6 Å². The summed E-state index contributed by atoms with van der Waals surface area (Å²) in [4.78, 5) is 8.99. The van der Waals surface area contributed by atoms with E-state index < -0.39 is 0 Å². The average molecular weight is 294 g/mol. The third-order valence-corrected chi connectivity index (χ3v) is 4.01. The van der Waals surface area contributed by atoms with Crippen molar-refractivity contribution in [2.24, 2.45) is 0 Å². The third-order valence-electron chi connectivity index (χ3n) is 4.01. The molecule has 4 rings (SSSR count). The van der Waals surface area contributed by atoms with E-state index in [-0.39, 0.29) is 6.10 Å². The van der Waals surface area contributed by atoms with Gasteiger partial charge in [0.2, 0.25) is 0 Å². The van der Waals surface area contributed by atoms with E-state index in [0.717, 1.165) is 48.5 Å². The second-order valence-electron chi connectivity index (χ2n) is 5.48. The Kier molecular flexibility index (Phi) is 3.58. The molecule has 1 atom stereocenters. The summed E-state index contributed by atoms with van der Waals surface area (Å²) in [7, 11) is 0. The Morgan fingerprint density at radius 2 is 2.18 bits per heavy atom. The van der Waals surface area contributed by atoms with Crippen molar-refractivity contribution in [3.8, 4) is 11.4 Å². The molecule has 1 saturated heterocycles. The first-order valence-electron chi connectivity index (χ1n) is 7.59. The smallest absolute Gasteiger partial charge is 0.140 e. The number of imidazole rings is 1. The lowest BCUT2D eigenvalue weighted by Gasteiger charge is -2.24. The Bertz CT molecular complexity index is 772. The van der Waals surface area contributed by atoms with Gasteiger partial charge < -0.3 is 14.6 Å². The second-order valence-corrected chi connectivity index (χ2v) is 5.48. The molecule has 0 bridgehead atoms. The van der Waals surface area contributed by atoms with Crippen LogP contribution in [0.2, 0.25) is 0 Å². The molecule has 1 fully saturated rings. The first-order valence-corrected chi connectivity index (χ1v) is 7.59. The summed E-state index contributed by atoms with van der Waals surface area (Å²) in [6.45, 7) is 3.39. The number of benzene rings is 1. The standard InChI is InChI=1S/C17H18N4O/c1-3-15(14-4-2-6-19-16(14)5-1)17-20-7-9-21(17)12-13-11-18-8-10-22-13/h1-7,9,13,18H,8,10-12H2. The molecular weight excluding hydrogens is 276 g/mol. The summed E-state index contributed by atoms with van der Waals surface area (Å²) in [5.41, 5.74) is 2.10. The summed E-state index contributed by atoms with van der Waals surface area (Å²) in [5.74, 6) is 0.966. The van der Waals surface area contributed by atoms with Crippen molar-refractivity contribution in [1.82, 2.24) is 19.9 Å². The Morgan fingerprint density at radius 1 is 1.18 bits per heavy atom. The molecule has 3 heterocycles. The fourth-order valence-corrected chi connectivity index (χ4v) is 2.96. The zero-order valence-electron chi connectivity index (χ0n) is 12.3. The average Bonchev–Trinajstić information content (AvgIpc) is 3.03. The first-order chi connectivity index (χ1) is 10.9. The number of fused-ring (bicyclic) bond motifs is 1. The molecule has 5 nitrogen and oxygen atoms in total. The number of pyridine rings is 1. The molecule has 22 heavy (non-hydrogen) atoms. The van der Waals surface area contributed by atoms with Crippen LogP contribution in [-0.2, 0) is 11.3 Å². The molecule has 2 aromatic heterocycles. The topological polar surface area (TPSA) is 52.0 Å². The number of nitrogens with one attached hydrogen (secondary N) is 1. The van der Waals surface area contributed by atoms with Gasteiger partial charge in [0.1, 0.15) is 5.82 Å². The molecule has 5 heteroatoms. The lowest BCUT2D eigenvalue weighted by atomic mass is 10.1. The van der Waals surface area contributed by atoms with Gasteiger partial charge in [0.25, 0.3) is 0 Å². The second kappa shape index (κ2) is 5.87. The molecule has 0 radical (unpaired) electrons. The number of hydrogen-bond acceptors (Lipinski definition) is 4. The normalized spacial score (nSPS) is 18.6. The van der Waals surface area contributed by atoms with Crippen LogP contribution >= 0.6 is 0 Å². The monoisotopic (exact) mass is 294 g/mol. The molecule has 1 N–H and O–H groups in total. The van der Waals surface area contributed by atoms with E-state index in [1.807, 2.05) is 36.8 Å². The van der Waals surface area contributed by atoms with Gasteiger partial charge in [-0.3, -0.25) is 4.98 Å². The number of ether oxygens (including phenoxy) is 1. The Morgan fingerprint density at radius 3 is 3.09 bits per heavy atom. The zero-order valence-corrected chi connectivity index (χ0v) is 12.3. The van der Waals surface area contributed by atoms with Crippen LogP contribution in [0.4, 0.5) is 0 Å². The van der Waals surface area contributed by atoms with Crippen LogP contribution in [0.25, 0.3) is 22.3 Å². The Labute approximate surface area is 129 Å². The fraction of sp³-hybridized carbons (Fsp3) is 0.294. The highest BCUT2D eigenvalue weighted by Gasteiger charge is 2.17. The molecule has 1 unspecified atom stereocenters. The van der Waals surface area contributed by atoms with Crippen LogP contribution < -0.4 is 5.32 Å². The number of morpholine rings is 1. The van der Waals surface area contributed by atoms with Crippen LogP contribution in [0.15, 0.2) is 48.9 Å². The van der Waals surface area contributed by atoms with Crippen LogP contribution in [0.5, 0.6) is 0 Å². The molecule has 0 amide bonds. The van der Waals surface area contributed by atoms with E-state index in [1.165, 1.54) is 0 Å². The lowest BCUT2D eigenvalue weighted by Crippen LogP contribution is -2.40. The largest absolute Gasteiger partial charge is 0.374 e. The van der Waals surface area contributed by atoms with Crippen molar-refractivity contribution in [3.63, 3.8) is 0 Å². The number of aromatic nitrogens is 3. The van der Waals surface area contributed by atoms with Gasteiger partial charge in [0, 0.05) is 42.6 Å². The van der Waals surface area contributed by atoms with E-state index in [9.17, 15) is 0 Å². The summed E-state index contributed by atoms with van der Waals surface area (Å²) in [5, 5.41) is 4.49. The molecular formula is C17H18N4O. The van der Waals surface area contributed by atoms with Gasteiger partial charge >= 0.3 is 0 Å². The molecule has 1 aliphatic heterocycles. The van der Waals surface area contributed by atoms with Crippen molar-refractivity contribution < 1.29 is 4.74 Å². The zero-order chi connectivity index (χ0) is 14.8. The van der Waals surface area contributed by atoms with E-state index >= 15 is 0 Å². The Hall–Kier alpha value is -2.24. The molecule has 112 valence electrons. The number of nitrogens with zero attached hydrogens (tertiary/aromatic N) is 3. The van der Waals surface area contributed by atoms with Crippen molar-refractivity contribution in [2.75, 3.05) is 19.7 Å². The highest BCUT2D eigenvalue weighted by molar-refractivity contribution is 5.92. The molecule has 0 saturated carbocycles. The highest BCUT2D eigenvalue weighted by atomic mass is 16.5. The van der Waals surface area contributed by atoms with Crippen LogP contribution in [-0.4, -0.2) is 40.3 Å². The minimum absolute atomic E-state index is 0.190. The summed E-state index contributed by atoms with van der Waals surface area (Å²) in [6.07, 6.45) is 5.87. The van der Waals surface area contributed by atoms with E-state index in [0.29, 0.717) is 0 Å². The van der Waals surface area contributed by atoms with Gasteiger partial charge in [-0.05, 0) is 12.1 Å². The van der Waals surface area contributed by atoms with E-state index in [4.69, 9.17) is 4.74 Å². The Balaban J connectivity index is 1.71. The molecule has 0 aliphatic carbocycles. The van der Waals surface area contributed by atoms with E-state index in [2.05, 4.69) is 32.0 Å². The van der Waals surface area contributed by atoms with Gasteiger partial charge in [-0.2, -0.15) is 0 Å². The maximum Gasteiger partial charge on any atom is 0.140 e. The maximum absolute atomic E-state index is 5.81. The van der Waals surface area contributed by atoms with Crippen molar-refractivity contribution in [1.29, 1.82) is 0 Å². The minimum Gasteiger partial charge on any atom is -0.374 e. The van der Waals surface area contributed by atoms with Gasteiger partial charge in [0.05, 0.1) is 24.8 Å². The van der Waals surface area contributed by atoms with Gasteiger partial charge in [-0.15, -0.1) is 0 Å². The maximum atomic E-state index is 5.81. The number of rotatable bonds is 3. The van der Waals surface area contributed by atoms with Crippen molar-refractivity contribution in [3.05, 3.63) is 48.9 Å². The predicted octanol–water partition coefficient (Wildman–Crippen LogP) is 2.09. The molecule has 1 aliphatic rings. The lowest BCUT2D eigenvalue weighted by molar-refractivity contribution is 0.0185. The predicted molar refractivity (Wildman–Crippen MR) is 85.6 cm³/mol. The van der Waals surface area contributed by atoms with Crippen LogP contribution in [0.3, 0.4) is 0 Å². The molecule has 3 aromatic rings. The van der Waals surface area contributed by atoms with E-state index in [1.54, 1.807) is 0 Å². The fourth-order valence-electron chi connectivity index (χ4n) is 2.96. The highest BCUT2D eigenvalue weighted by Crippen LogP contribution is 2.26.